The molecular formula is C23H22N4O4S. The average Bonchev–Trinajstić information content (AvgIpc) is 3.31. The topological polar surface area (TPSA) is 92.8 Å². The number of carbonyl (C=O) groups is 2. The van der Waals surface area contributed by atoms with E-state index in [1.807, 2.05) is 41.8 Å². The maximum Gasteiger partial charge on any atom is 0.266 e. The van der Waals surface area contributed by atoms with Gasteiger partial charge in [-0.2, -0.15) is 0 Å². The van der Waals surface area contributed by atoms with Gasteiger partial charge in [0.2, 0.25) is 5.91 Å². The van der Waals surface area contributed by atoms with Crippen LogP contribution in [0.1, 0.15) is 6.42 Å². The summed E-state index contributed by atoms with van der Waals surface area (Å²) in [5.41, 5.74) is 3.15. The second kappa shape index (κ2) is 8.97. The molecule has 2 aliphatic heterocycles. The summed E-state index contributed by atoms with van der Waals surface area (Å²) in [4.78, 5) is 31.7. The number of amides is 2. The third-order valence-electron chi connectivity index (χ3n) is 5.32. The number of benzene rings is 2. The summed E-state index contributed by atoms with van der Waals surface area (Å²) >= 11 is 1.62. The van der Waals surface area contributed by atoms with Crippen molar-refractivity contribution in [3.8, 4) is 17.0 Å². The highest BCUT2D eigenvalue weighted by atomic mass is 32.1. The molecule has 0 aliphatic carbocycles. The number of nitrogens with one attached hydrogen (secondary N) is 2. The van der Waals surface area contributed by atoms with Gasteiger partial charge in [-0.15, -0.1) is 11.3 Å². The lowest BCUT2D eigenvalue weighted by molar-refractivity contribution is -0.128. The second-order valence-corrected chi connectivity index (χ2v) is 8.37. The van der Waals surface area contributed by atoms with Crippen LogP contribution in [0.3, 0.4) is 0 Å². The third kappa shape index (κ3) is 4.44. The van der Waals surface area contributed by atoms with Crippen molar-refractivity contribution in [2.45, 2.75) is 12.5 Å². The fraction of sp³-hybridized carbons (Fsp3) is 0.261. The Hall–Kier alpha value is -3.43. The van der Waals surface area contributed by atoms with Gasteiger partial charge in [0.25, 0.3) is 5.91 Å². The van der Waals surface area contributed by atoms with Gasteiger partial charge >= 0.3 is 0 Å². The molecule has 2 amide bonds. The first-order valence-corrected chi connectivity index (χ1v) is 11.3. The SMILES string of the molecule is O=C(C[C@H]1Oc2ccccc2NC1=O)Nc1ccc(-c2csc(N3CCOCC3)n2)cc1. The molecule has 5 rings (SSSR count). The van der Waals surface area contributed by atoms with Crippen molar-refractivity contribution >= 4 is 39.7 Å². The van der Waals surface area contributed by atoms with Crippen LogP contribution in [0.5, 0.6) is 5.75 Å². The summed E-state index contributed by atoms with van der Waals surface area (Å²) in [5.74, 6) is -0.0525. The molecule has 9 heteroatoms. The van der Waals surface area contributed by atoms with Crippen molar-refractivity contribution in [2.75, 3.05) is 41.8 Å². The number of thiazole rings is 1. The molecule has 2 aromatic carbocycles. The van der Waals surface area contributed by atoms with Crippen LogP contribution < -0.4 is 20.3 Å². The maximum absolute atomic E-state index is 12.5. The number of carbonyl (C=O) groups excluding carboxylic acids is 2. The van der Waals surface area contributed by atoms with Crippen LogP contribution in [0.2, 0.25) is 0 Å². The Morgan fingerprint density at radius 1 is 1.16 bits per heavy atom. The molecule has 2 aliphatic rings. The van der Waals surface area contributed by atoms with E-state index in [0.29, 0.717) is 17.1 Å². The van der Waals surface area contributed by atoms with Crippen LogP contribution in [-0.4, -0.2) is 49.2 Å². The number of morpholine rings is 1. The van der Waals surface area contributed by atoms with Crippen molar-refractivity contribution in [1.82, 2.24) is 4.98 Å². The normalized spacial score (nSPS) is 17.8. The fourth-order valence-corrected chi connectivity index (χ4v) is 4.52. The molecule has 2 N–H and O–H groups in total. The highest BCUT2D eigenvalue weighted by Crippen LogP contribution is 2.30. The number of hydrogen-bond acceptors (Lipinski definition) is 7. The quantitative estimate of drug-likeness (QED) is 0.619. The molecule has 32 heavy (non-hydrogen) atoms. The highest BCUT2D eigenvalue weighted by Gasteiger charge is 2.29. The summed E-state index contributed by atoms with van der Waals surface area (Å²) in [5, 5.41) is 8.63. The minimum absolute atomic E-state index is 0.0725. The Kier molecular flexibility index (Phi) is 5.74. The van der Waals surface area contributed by atoms with Crippen molar-refractivity contribution in [3.05, 3.63) is 53.9 Å². The van der Waals surface area contributed by atoms with Crippen molar-refractivity contribution < 1.29 is 19.1 Å². The minimum atomic E-state index is -0.863. The van der Waals surface area contributed by atoms with Crippen LogP contribution in [0.4, 0.5) is 16.5 Å². The molecule has 1 aromatic heterocycles. The molecule has 0 radical (unpaired) electrons. The van der Waals surface area contributed by atoms with E-state index in [1.165, 1.54) is 0 Å². The number of ether oxygens (including phenoxy) is 2. The van der Waals surface area contributed by atoms with E-state index in [1.54, 1.807) is 23.5 Å². The Balaban J connectivity index is 1.19. The van der Waals surface area contributed by atoms with Crippen molar-refractivity contribution in [2.24, 2.45) is 0 Å². The number of aromatic nitrogens is 1. The van der Waals surface area contributed by atoms with Crippen LogP contribution in [-0.2, 0) is 14.3 Å². The van der Waals surface area contributed by atoms with Gasteiger partial charge in [-0.25, -0.2) is 4.98 Å². The van der Waals surface area contributed by atoms with E-state index in [2.05, 4.69) is 15.5 Å². The molecule has 8 nitrogen and oxygen atoms in total. The van der Waals surface area contributed by atoms with E-state index in [0.717, 1.165) is 42.7 Å². The molecule has 1 saturated heterocycles. The molecule has 0 spiro atoms. The molecule has 1 fully saturated rings. The largest absolute Gasteiger partial charge is 0.478 e. The van der Waals surface area contributed by atoms with Crippen LogP contribution in [0, 0.1) is 0 Å². The smallest absolute Gasteiger partial charge is 0.266 e. The predicted octanol–water partition coefficient (Wildman–Crippen LogP) is 3.38. The number of fused-ring (bicyclic) bond motifs is 1. The minimum Gasteiger partial charge on any atom is -0.478 e. The van der Waals surface area contributed by atoms with Gasteiger partial charge in [-0.05, 0) is 24.3 Å². The van der Waals surface area contributed by atoms with E-state index >= 15 is 0 Å². The van der Waals surface area contributed by atoms with Crippen LogP contribution in [0.15, 0.2) is 53.9 Å². The molecule has 0 bridgehead atoms. The first kappa shape index (κ1) is 20.5. The Morgan fingerprint density at radius 3 is 2.75 bits per heavy atom. The van der Waals surface area contributed by atoms with E-state index in [-0.39, 0.29) is 18.2 Å². The molecule has 0 unspecified atom stereocenters. The van der Waals surface area contributed by atoms with Gasteiger partial charge in [-0.1, -0.05) is 24.3 Å². The zero-order valence-electron chi connectivity index (χ0n) is 17.2. The van der Waals surface area contributed by atoms with Gasteiger partial charge in [-0.3, -0.25) is 9.59 Å². The lowest BCUT2D eigenvalue weighted by Crippen LogP contribution is -2.39. The van der Waals surface area contributed by atoms with Crippen LogP contribution in [0.25, 0.3) is 11.3 Å². The fourth-order valence-electron chi connectivity index (χ4n) is 3.63. The van der Waals surface area contributed by atoms with Crippen LogP contribution >= 0.6 is 11.3 Å². The molecule has 3 heterocycles. The van der Waals surface area contributed by atoms with Gasteiger partial charge < -0.3 is 25.0 Å². The molecule has 0 saturated carbocycles. The van der Waals surface area contributed by atoms with E-state index in [4.69, 9.17) is 14.5 Å². The zero-order chi connectivity index (χ0) is 21.9. The second-order valence-electron chi connectivity index (χ2n) is 7.54. The van der Waals surface area contributed by atoms with Crippen molar-refractivity contribution in [1.29, 1.82) is 0 Å². The third-order valence-corrected chi connectivity index (χ3v) is 6.22. The molecule has 3 aromatic rings. The summed E-state index contributed by atoms with van der Waals surface area (Å²) in [6, 6.07) is 14.7. The summed E-state index contributed by atoms with van der Waals surface area (Å²) in [7, 11) is 0. The standard InChI is InChI=1S/C23H22N4O4S/c28-21(13-20-22(29)25-17-3-1-2-4-19(17)31-20)24-16-7-5-15(6-8-16)18-14-32-23(26-18)27-9-11-30-12-10-27/h1-8,14,20H,9-13H2,(H,24,28)(H,25,29)/t20-/m1/s1. The van der Waals surface area contributed by atoms with Gasteiger partial charge in [0, 0.05) is 29.7 Å². The first-order valence-electron chi connectivity index (χ1n) is 10.4. The lowest BCUT2D eigenvalue weighted by Gasteiger charge is -2.26. The van der Waals surface area contributed by atoms with E-state index < -0.39 is 6.10 Å². The Labute approximate surface area is 189 Å². The zero-order valence-corrected chi connectivity index (χ0v) is 18.1. The molecule has 164 valence electrons. The number of rotatable bonds is 5. The maximum atomic E-state index is 12.5. The lowest BCUT2D eigenvalue weighted by atomic mass is 10.1. The van der Waals surface area contributed by atoms with Gasteiger partial charge in [0.1, 0.15) is 5.75 Å². The van der Waals surface area contributed by atoms with E-state index in [9.17, 15) is 9.59 Å². The summed E-state index contributed by atoms with van der Waals surface area (Å²) < 4.78 is 11.1. The predicted molar refractivity (Wildman–Crippen MR) is 123 cm³/mol. The monoisotopic (exact) mass is 450 g/mol. The van der Waals surface area contributed by atoms with Crippen molar-refractivity contribution in [3.63, 3.8) is 0 Å². The number of hydrogen-bond donors (Lipinski definition) is 2. The number of para-hydroxylation sites is 2. The number of nitrogens with zero attached hydrogens (tertiary/aromatic N) is 2. The van der Waals surface area contributed by atoms with Gasteiger partial charge in [0.05, 0.1) is 31.0 Å². The molecular weight excluding hydrogens is 428 g/mol. The summed E-state index contributed by atoms with van der Waals surface area (Å²) in [6.07, 6.45) is -0.936. The first-order chi connectivity index (χ1) is 15.7. The molecule has 1 atom stereocenters. The summed E-state index contributed by atoms with van der Waals surface area (Å²) in [6.45, 7) is 3.16. The Bertz CT molecular complexity index is 1130. The Morgan fingerprint density at radius 2 is 1.94 bits per heavy atom. The average molecular weight is 451 g/mol. The highest BCUT2D eigenvalue weighted by molar-refractivity contribution is 7.14. The van der Waals surface area contributed by atoms with Gasteiger partial charge in [0.15, 0.2) is 11.2 Å². The number of anilines is 3.